The maximum absolute atomic E-state index is 10.7. The molecular formula is C10H22N2O3S. The summed E-state index contributed by atoms with van der Waals surface area (Å²) in [5.41, 5.74) is 0. The highest BCUT2D eigenvalue weighted by atomic mass is 32.2. The first-order chi connectivity index (χ1) is 7.58. The van der Waals surface area contributed by atoms with Crippen LogP contribution in [0.15, 0.2) is 0 Å². The number of sulfonamides is 1. The minimum Gasteiger partial charge on any atom is -0.378 e. The predicted molar refractivity (Wildman–Crippen MR) is 63.9 cm³/mol. The van der Waals surface area contributed by atoms with E-state index < -0.39 is 10.0 Å². The van der Waals surface area contributed by atoms with E-state index in [0.29, 0.717) is 12.6 Å². The Balaban J connectivity index is 1.84. The highest BCUT2D eigenvalue weighted by Crippen LogP contribution is 2.14. The van der Waals surface area contributed by atoms with Crippen molar-refractivity contribution in [3.8, 4) is 0 Å². The van der Waals surface area contributed by atoms with Gasteiger partial charge in [-0.05, 0) is 38.8 Å². The van der Waals surface area contributed by atoms with E-state index in [0.717, 1.165) is 32.5 Å². The van der Waals surface area contributed by atoms with Crippen molar-refractivity contribution >= 4 is 10.0 Å². The first-order valence-electron chi connectivity index (χ1n) is 5.85. The van der Waals surface area contributed by atoms with Crippen molar-refractivity contribution in [2.75, 3.05) is 32.5 Å². The molecule has 1 fully saturated rings. The lowest BCUT2D eigenvalue weighted by molar-refractivity contribution is 0.104. The third kappa shape index (κ3) is 7.16. The Bertz CT molecular complexity index is 274. The minimum atomic E-state index is -3.03. The van der Waals surface area contributed by atoms with E-state index >= 15 is 0 Å². The molecule has 0 aromatic rings. The molecule has 1 rings (SSSR count). The van der Waals surface area contributed by atoms with Crippen LogP contribution in [0.3, 0.4) is 0 Å². The fourth-order valence-corrected chi connectivity index (χ4v) is 2.25. The summed E-state index contributed by atoms with van der Waals surface area (Å²) in [5.74, 6) is 0. The Morgan fingerprint density at radius 1 is 1.31 bits per heavy atom. The summed E-state index contributed by atoms with van der Waals surface area (Å²) in [4.78, 5) is 0. The van der Waals surface area contributed by atoms with Gasteiger partial charge in [0.2, 0.25) is 10.0 Å². The number of rotatable bonds is 8. The number of nitrogens with one attached hydrogen (secondary N) is 2. The van der Waals surface area contributed by atoms with Gasteiger partial charge in [0.15, 0.2) is 0 Å². The summed E-state index contributed by atoms with van der Waals surface area (Å²) in [6, 6.07) is 0. The van der Waals surface area contributed by atoms with Crippen LogP contribution < -0.4 is 10.0 Å². The van der Waals surface area contributed by atoms with Crippen LogP contribution in [-0.2, 0) is 14.8 Å². The Kier molecular flexibility index (Phi) is 6.26. The molecule has 0 spiro atoms. The average molecular weight is 250 g/mol. The summed E-state index contributed by atoms with van der Waals surface area (Å²) >= 11 is 0. The molecule has 0 aliphatic carbocycles. The van der Waals surface area contributed by atoms with Crippen molar-refractivity contribution in [2.24, 2.45) is 0 Å². The summed E-state index contributed by atoms with van der Waals surface area (Å²) in [6.07, 6.45) is 5.84. The molecule has 0 radical (unpaired) electrons. The Morgan fingerprint density at radius 2 is 2.12 bits per heavy atom. The van der Waals surface area contributed by atoms with Crippen LogP contribution >= 0.6 is 0 Å². The van der Waals surface area contributed by atoms with Crippen molar-refractivity contribution in [2.45, 2.75) is 31.8 Å². The van der Waals surface area contributed by atoms with E-state index in [1.807, 2.05) is 0 Å². The van der Waals surface area contributed by atoms with E-state index in [1.54, 1.807) is 0 Å². The number of ether oxygens (including phenoxy) is 1. The van der Waals surface area contributed by atoms with Crippen LogP contribution in [0.1, 0.15) is 25.7 Å². The number of hydrogen-bond acceptors (Lipinski definition) is 4. The van der Waals surface area contributed by atoms with Gasteiger partial charge in [0, 0.05) is 13.2 Å². The van der Waals surface area contributed by atoms with Crippen LogP contribution in [0.2, 0.25) is 0 Å². The minimum absolute atomic E-state index is 0.432. The standard InChI is InChI=1S/C10H22N2O3S/c1-16(13,14)12-7-3-6-11-8-5-10-4-2-9-15-10/h10-12H,2-9H2,1H3. The fraction of sp³-hybridized carbons (Fsp3) is 1.00. The van der Waals surface area contributed by atoms with Crippen LogP contribution in [0, 0.1) is 0 Å². The molecule has 1 saturated heterocycles. The highest BCUT2D eigenvalue weighted by molar-refractivity contribution is 7.88. The van der Waals surface area contributed by atoms with Gasteiger partial charge in [0.05, 0.1) is 12.4 Å². The van der Waals surface area contributed by atoms with E-state index in [9.17, 15) is 8.42 Å². The molecule has 1 aliphatic heterocycles. The first kappa shape index (κ1) is 13.9. The van der Waals surface area contributed by atoms with Gasteiger partial charge in [-0.1, -0.05) is 0 Å². The lowest BCUT2D eigenvalue weighted by atomic mass is 10.2. The van der Waals surface area contributed by atoms with Crippen LogP contribution in [0.5, 0.6) is 0 Å². The second-order valence-corrected chi connectivity index (χ2v) is 6.03. The van der Waals surface area contributed by atoms with Crippen molar-refractivity contribution in [3.05, 3.63) is 0 Å². The van der Waals surface area contributed by atoms with Crippen molar-refractivity contribution in [1.29, 1.82) is 0 Å². The average Bonchev–Trinajstić information content (AvgIpc) is 2.67. The molecule has 0 amide bonds. The van der Waals surface area contributed by atoms with E-state index in [2.05, 4.69) is 10.0 Å². The van der Waals surface area contributed by atoms with Gasteiger partial charge in [-0.3, -0.25) is 0 Å². The van der Waals surface area contributed by atoms with Gasteiger partial charge in [0.1, 0.15) is 0 Å². The molecule has 6 heteroatoms. The molecule has 2 N–H and O–H groups in total. The third-order valence-electron chi connectivity index (χ3n) is 2.56. The molecule has 5 nitrogen and oxygen atoms in total. The molecule has 0 aromatic heterocycles. The van der Waals surface area contributed by atoms with Gasteiger partial charge in [-0.15, -0.1) is 0 Å². The van der Waals surface area contributed by atoms with Crippen molar-refractivity contribution in [3.63, 3.8) is 0 Å². The monoisotopic (exact) mass is 250 g/mol. The fourth-order valence-electron chi connectivity index (χ4n) is 1.73. The summed E-state index contributed by atoms with van der Waals surface area (Å²) in [6.45, 7) is 3.20. The zero-order valence-corrected chi connectivity index (χ0v) is 10.7. The summed E-state index contributed by atoms with van der Waals surface area (Å²) in [5, 5.41) is 3.28. The lowest BCUT2D eigenvalue weighted by Crippen LogP contribution is -2.27. The largest absolute Gasteiger partial charge is 0.378 e. The zero-order valence-electron chi connectivity index (χ0n) is 9.87. The van der Waals surface area contributed by atoms with Gasteiger partial charge in [0.25, 0.3) is 0 Å². The Labute approximate surface area is 98.0 Å². The molecule has 1 unspecified atom stereocenters. The quantitative estimate of drug-likeness (QED) is 0.599. The number of hydrogen-bond donors (Lipinski definition) is 2. The van der Waals surface area contributed by atoms with Crippen molar-refractivity contribution < 1.29 is 13.2 Å². The van der Waals surface area contributed by atoms with Gasteiger partial charge < -0.3 is 10.1 Å². The Morgan fingerprint density at radius 3 is 2.75 bits per heavy atom. The molecule has 16 heavy (non-hydrogen) atoms. The van der Waals surface area contributed by atoms with Crippen LogP contribution in [0.4, 0.5) is 0 Å². The summed E-state index contributed by atoms with van der Waals surface area (Å²) in [7, 11) is -3.03. The molecule has 0 bridgehead atoms. The lowest BCUT2D eigenvalue weighted by Gasteiger charge is -2.09. The maximum atomic E-state index is 10.7. The molecule has 1 atom stereocenters. The van der Waals surface area contributed by atoms with E-state index in [4.69, 9.17) is 4.74 Å². The maximum Gasteiger partial charge on any atom is 0.208 e. The second kappa shape index (κ2) is 7.21. The van der Waals surface area contributed by atoms with Gasteiger partial charge >= 0.3 is 0 Å². The van der Waals surface area contributed by atoms with Crippen LogP contribution in [-0.4, -0.2) is 47.0 Å². The molecule has 1 aliphatic rings. The van der Waals surface area contributed by atoms with Gasteiger partial charge in [-0.2, -0.15) is 0 Å². The molecule has 0 saturated carbocycles. The normalized spacial score (nSPS) is 21.4. The molecule has 96 valence electrons. The molecular weight excluding hydrogens is 228 g/mol. The van der Waals surface area contributed by atoms with E-state index in [1.165, 1.54) is 19.1 Å². The predicted octanol–water partition coefficient (Wildman–Crippen LogP) is 0.0844. The van der Waals surface area contributed by atoms with E-state index in [-0.39, 0.29) is 0 Å². The molecule has 1 heterocycles. The van der Waals surface area contributed by atoms with Crippen molar-refractivity contribution in [1.82, 2.24) is 10.0 Å². The first-order valence-corrected chi connectivity index (χ1v) is 7.74. The SMILES string of the molecule is CS(=O)(=O)NCCCNCCC1CCCO1. The summed E-state index contributed by atoms with van der Waals surface area (Å²) < 4.78 is 29.4. The third-order valence-corrected chi connectivity index (χ3v) is 3.29. The molecule has 0 aromatic carbocycles. The Hall–Kier alpha value is -0.170. The highest BCUT2D eigenvalue weighted by Gasteiger charge is 2.14. The van der Waals surface area contributed by atoms with Crippen LogP contribution in [0.25, 0.3) is 0 Å². The topological polar surface area (TPSA) is 67.4 Å². The zero-order chi connectivity index (χ0) is 11.9. The van der Waals surface area contributed by atoms with Gasteiger partial charge in [-0.25, -0.2) is 13.1 Å². The second-order valence-electron chi connectivity index (χ2n) is 4.19. The smallest absolute Gasteiger partial charge is 0.208 e.